The van der Waals surface area contributed by atoms with E-state index >= 15 is 0 Å². The summed E-state index contributed by atoms with van der Waals surface area (Å²) in [5.74, 6) is 0.450. The number of carbonyl (C=O) groups is 1. The number of anilines is 1. The van der Waals surface area contributed by atoms with E-state index in [0.717, 1.165) is 27.8 Å². The summed E-state index contributed by atoms with van der Waals surface area (Å²) in [5, 5.41) is 3.94. The standard InChI is InChI=1S/C20H21NO2/c1-13(2)15-5-7-17(8-6-15)21-20(22)11-16-12-23-19-10-14(3)4-9-18(16)19/h4-10,12-13H,11H2,1-3H3,(H,21,22). The minimum Gasteiger partial charge on any atom is -0.464 e. The van der Waals surface area contributed by atoms with Crippen molar-refractivity contribution in [1.82, 2.24) is 0 Å². The zero-order chi connectivity index (χ0) is 16.4. The molecule has 2 aromatic carbocycles. The molecule has 0 fully saturated rings. The fraction of sp³-hybridized carbons (Fsp3) is 0.250. The van der Waals surface area contributed by atoms with Crippen molar-refractivity contribution in [3.63, 3.8) is 0 Å². The molecule has 1 aromatic heterocycles. The first kappa shape index (κ1) is 15.3. The van der Waals surface area contributed by atoms with Gasteiger partial charge in [0.05, 0.1) is 12.7 Å². The molecule has 3 heteroatoms. The zero-order valence-corrected chi connectivity index (χ0v) is 13.7. The highest BCUT2D eigenvalue weighted by atomic mass is 16.3. The molecule has 1 N–H and O–H groups in total. The predicted molar refractivity (Wildman–Crippen MR) is 93.8 cm³/mol. The number of rotatable bonds is 4. The van der Waals surface area contributed by atoms with E-state index in [2.05, 4.69) is 31.3 Å². The summed E-state index contributed by atoms with van der Waals surface area (Å²) in [6, 6.07) is 14.0. The largest absolute Gasteiger partial charge is 0.464 e. The van der Waals surface area contributed by atoms with E-state index in [4.69, 9.17) is 4.42 Å². The molecule has 118 valence electrons. The highest BCUT2D eigenvalue weighted by Gasteiger charge is 2.11. The van der Waals surface area contributed by atoms with E-state index in [0.29, 0.717) is 12.3 Å². The Balaban J connectivity index is 1.71. The van der Waals surface area contributed by atoms with Crippen molar-refractivity contribution in [3.8, 4) is 0 Å². The SMILES string of the molecule is Cc1ccc2c(CC(=O)Nc3ccc(C(C)C)cc3)coc2c1. The maximum atomic E-state index is 12.3. The van der Waals surface area contributed by atoms with Crippen molar-refractivity contribution < 1.29 is 9.21 Å². The number of amides is 1. The van der Waals surface area contributed by atoms with Crippen LogP contribution in [0.15, 0.2) is 53.1 Å². The van der Waals surface area contributed by atoms with Gasteiger partial charge in [0, 0.05) is 16.6 Å². The lowest BCUT2D eigenvalue weighted by atomic mass is 10.0. The molecule has 3 aromatic rings. The van der Waals surface area contributed by atoms with Crippen molar-refractivity contribution in [3.05, 3.63) is 65.4 Å². The average molecular weight is 307 g/mol. The van der Waals surface area contributed by atoms with Gasteiger partial charge >= 0.3 is 0 Å². The molecule has 1 amide bonds. The van der Waals surface area contributed by atoms with Gasteiger partial charge in [-0.2, -0.15) is 0 Å². The molecule has 3 rings (SSSR count). The number of hydrogen-bond acceptors (Lipinski definition) is 2. The van der Waals surface area contributed by atoms with Crippen LogP contribution in [0.1, 0.15) is 36.5 Å². The number of benzene rings is 2. The molecule has 3 nitrogen and oxygen atoms in total. The molecule has 0 spiro atoms. The molecule has 0 aliphatic heterocycles. The highest BCUT2D eigenvalue weighted by molar-refractivity contribution is 5.95. The van der Waals surface area contributed by atoms with Gasteiger partial charge in [-0.1, -0.05) is 38.1 Å². The molecular weight excluding hydrogens is 286 g/mol. The van der Waals surface area contributed by atoms with E-state index in [9.17, 15) is 4.79 Å². The van der Waals surface area contributed by atoms with Gasteiger partial charge in [0.15, 0.2) is 0 Å². The van der Waals surface area contributed by atoms with E-state index in [1.165, 1.54) is 5.56 Å². The Morgan fingerprint density at radius 3 is 2.57 bits per heavy atom. The van der Waals surface area contributed by atoms with Crippen LogP contribution < -0.4 is 5.32 Å². The van der Waals surface area contributed by atoms with Crippen LogP contribution in [-0.4, -0.2) is 5.91 Å². The Hall–Kier alpha value is -2.55. The summed E-state index contributed by atoms with van der Waals surface area (Å²) in [6.45, 7) is 6.33. The minimum absolute atomic E-state index is 0.0365. The molecule has 0 aliphatic rings. The Morgan fingerprint density at radius 1 is 1.13 bits per heavy atom. The Morgan fingerprint density at radius 2 is 1.87 bits per heavy atom. The number of furan rings is 1. The first-order chi connectivity index (χ1) is 11.0. The quantitative estimate of drug-likeness (QED) is 0.733. The van der Waals surface area contributed by atoms with E-state index < -0.39 is 0 Å². The fourth-order valence-corrected chi connectivity index (χ4v) is 2.66. The van der Waals surface area contributed by atoms with Crippen LogP contribution in [-0.2, 0) is 11.2 Å². The topological polar surface area (TPSA) is 42.2 Å². The van der Waals surface area contributed by atoms with E-state index in [1.54, 1.807) is 6.26 Å². The molecule has 0 saturated heterocycles. The van der Waals surface area contributed by atoms with E-state index in [-0.39, 0.29) is 5.91 Å². The second kappa shape index (κ2) is 6.29. The van der Waals surface area contributed by atoms with Gasteiger partial charge in [-0.05, 0) is 42.2 Å². The van der Waals surface area contributed by atoms with Gasteiger partial charge in [-0.3, -0.25) is 4.79 Å². The predicted octanol–water partition coefficient (Wildman–Crippen LogP) is 5.05. The first-order valence-corrected chi connectivity index (χ1v) is 7.89. The number of carbonyl (C=O) groups excluding carboxylic acids is 1. The van der Waals surface area contributed by atoms with Crippen LogP contribution >= 0.6 is 0 Å². The molecule has 0 unspecified atom stereocenters. The maximum absolute atomic E-state index is 12.3. The summed E-state index contributed by atoms with van der Waals surface area (Å²) in [4.78, 5) is 12.3. The van der Waals surface area contributed by atoms with Gasteiger partial charge in [0.1, 0.15) is 5.58 Å². The van der Waals surface area contributed by atoms with Crippen molar-refractivity contribution >= 4 is 22.6 Å². The van der Waals surface area contributed by atoms with Crippen LogP contribution in [0, 0.1) is 6.92 Å². The van der Waals surface area contributed by atoms with Crippen LogP contribution in [0.5, 0.6) is 0 Å². The Bertz CT molecular complexity index is 828. The molecule has 0 saturated carbocycles. The minimum atomic E-state index is -0.0365. The maximum Gasteiger partial charge on any atom is 0.228 e. The fourth-order valence-electron chi connectivity index (χ4n) is 2.66. The van der Waals surface area contributed by atoms with Gasteiger partial charge in [-0.25, -0.2) is 0 Å². The van der Waals surface area contributed by atoms with E-state index in [1.807, 2.05) is 37.3 Å². The molecule has 23 heavy (non-hydrogen) atoms. The monoisotopic (exact) mass is 307 g/mol. The lowest BCUT2D eigenvalue weighted by molar-refractivity contribution is -0.115. The molecule has 0 radical (unpaired) electrons. The molecule has 1 heterocycles. The Labute approximate surface area is 136 Å². The lowest BCUT2D eigenvalue weighted by Gasteiger charge is -2.08. The van der Waals surface area contributed by atoms with Crippen molar-refractivity contribution in [2.75, 3.05) is 5.32 Å². The third-order valence-electron chi connectivity index (χ3n) is 4.02. The summed E-state index contributed by atoms with van der Waals surface area (Å²) >= 11 is 0. The molecule has 0 bridgehead atoms. The number of fused-ring (bicyclic) bond motifs is 1. The van der Waals surface area contributed by atoms with Crippen LogP contribution in [0.4, 0.5) is 5.69 Å². The number of nitrogens with one attached hydrogen (secondary N) is 1. The van der Waals surface area contributed by atoms with Gasteiger partial charge in [0.25, 0.3) is 0 Å². The summed E-state index contributed by atoms with van der Waals surface area (Å²) < 4.78 is 5.54. The smallest absolute Gasteiger partial charge is 0.228 e. The van der Waals surface area contributed by atoms with Crippen molar-refractivity contribution in [2.24, 2.45) is 0 Å². The number of aryl methyl sites for hydroxylation is 1. The average Bonchev–Trinajstić information content (AvgIpc) is 2.89. The van der Waals surface area contributed by atoms with Crippen LogP contribution in [0.3, 0.4) is 0 Å². The number of hydrogen-bond donors (Lipinski definition) is 1. The van der Waals surface area contributed by atoms with Crippen LogP contribution in [0.25, 0.3) is 11.0 Å². The third kappa shape index (κ3) is 3.45. The van der Waals surface area contributed by atoms with Gasteiger partial charge < -0.3 is 9.73 Å². The van der Waals surface area contributed by atoms with Crippen molar-refractivity contribution in [2.45, 2.75) is 33.1 Å². The Kier molecular flexibility index (Phi) is 4.20. The molecule has 0 atom stereocenters. The summed E-state index contributed by atoms with van der Waals surface area (Å²) in [6.07, 6.45) is 1.98. The van der Waals surface area contributed by atoms with Gasteiger partial charge in [0.2, 0.25) is 5.91 Å². The molecular formula is C20H21NO2. The zero-order valence-electron chi connectivity index (χ0n) is 13.7. The second-order valence-electron chi connectivity index (χ2n) is 6.26. The highest BCUT2D eigenvalue weighted by Crippen LogP contribution is 2.23. The lowest BCUT2D eigenvalue weighted by Crippen LogP contribution is -2.14. The third-order valence-corrected chi connectivity index (χ3v) is 4.02. The summed E-state index contributed by atoms with van der Waals surface area (Å²) in [5.41, 5.74) is 4.97. The summed E-state index contributed by atoms with van der Waals surface area (Å²) in [7, 11) is 0. The first-order valence-electron chi connectivity index (χ1n) is 7.89. The van der Waals surface area contributed by atoms with Gasteiger partial charge in [-0.15, -0.1) is 0 Å². The van der Waals surface area contributed by atoms with Crippen LogP contribution in [0.2, 0.25) is 0 Å². The second-order valence-corrected chi connectivity index (χ2v) is 6.26. The normalized spacial score (nSPS) is 11.1. The molecule has 0 aliphatic carbocycles. The van der Waals surface area contributed by atoms with Crippen molar-refractivity contribution in [1.29, 1.82) is 0 Å².